The van der Waals surface area contributed by atoms with Gasteiger partial charge in [-0.3, -0.25) is 4.79 Å². The molecule has 1 rings (SSSR count). The number of ketones is 1. The zero-order valence-electron chi connectivity index (χ0n) is 10.5. The fourth-order valence-corrected chi connectivity index (χ4v) is 3.53. The van der Waals surface area contributed by atoms with Crippen molar-refractivity contribution in [2.45, 2.75) is 24.8 Å². The summed E-state index contributed by atoms with van der Waals surface area (Å²) >= 11 is 2.96. The topological polar surface area (TPSA) is 64.3 Å². The van der Waals surface area contributed by atoms with Gasteiger partial charge in [0.2, 0.25) is 0 Å². The number of nitrogens with one attached hydrogen (secondary N) is 1. The molecule has 3 N–H and O–H groups in total. The largest absolute Gasteiger partial charge is 0.396 e. The Hall–Kier alpha value is -0.720. The number of carbonyl (C=O) groups excluding carboxylic acids is 1. The number of rotatable bonds is 6. The first-order valence-corrected chi connectivity index (χ1v) is 7.28. The van der Waals surface area contributed by atoms with Gasteiger partial charge in [0, 0.05) is 20.1 Å². The second-order valence-electron chi connectivity index (χ2n) is 3.76. The maximum Gasteiger partial charge on any atom is 0.171 e. The molecule has 0 bridgehead atoms. The Morgan fingerprint density at radius 2 is 2.29 bits per heavy atom. The predicted molar refractivity (Wildman–Crippen MR) is 75.5 cm³/mol. The standard InChI is InChI=1S/C11H18N2O2S2/c1-6(5-15-3)13-11-10(16-4)8(12)9(17-11)7(2)14/h6,13H,5,12H2,1-4H3. The van der Waals surface area contributed by atoms with Crippen LogP contribution in [-0.4, -0.2) is 31.8 Å². The van der Waals surface area contributed by atoms with Crippen molar-refractivity contribution in [3.63, 3.8) is 0 Å². The molecule has 0 aliphatic carbocycles. The van der Waals surface area contributed by atoms with Gasteiger partial charge in [-0.2, -0.15) is 0 Å². The van der Waals surface area contributed by atoms with E-state index in [1.807, 2.05) is 13.2 Å². The fourth-order valence-electron chi connectivity index (χ4n) is 1.50. The highest BCUT2D eigenvalue weighted by Gasteiger charge is 2.19. The van der Waals surface area contributed by atoms with Gasteiger partial charge in [0.1, 0.15) is 5.00 Å². The number of anilines is 2. The molecule has 0 aliphatic heterocycles. The van der Waals surface area contributed by atoms with E-state index in [1.165, 1.54) is 18.3 Å². The van der Waals surface area contributed by atoms with Gasteiger partial charge in [0.05, 0.1) is 22.1 Å². The first kappa shape index (κ1) is 14.3. The first-order chi connectivity index (χ1) is 8.01. The van der Waals surface area contributed by atoms with E-state index in [9.17, 15) is 4.79 Å². The molecule has 96 valence electrons. The normalized spacial score (nSPS) is 12.5. The summed E-state index contributed by atoms with van der Waals surface area (Å²) in [7, 11) is 1.66. The van der Waals surface area contributed by atoms with Crippen molar-refractivity contribution in [2.75, 3.05) is 31.0 Å². The monoisotopic (exact) mass is 274 g/mol. The third-order valence-electron chi connectivity index (χ3n) is 2.22. The molecule has 0 saturated carbocycles. The number of ether oxygens (including phenoxy) is 1. The molecule has 1 aromatic rings. The van der Waals surface area contributed by atoms with Gasteiger partial charge < -0.3 is 15.8 Å². The minimum atomic E-state index is 0.00949. The molecule has 0 radical (unpaired) electrons. The molecule has 6 heteroatoms. The summed E-state index contributed by atoms with van der Waals surface area (Å²) in [4.78, 5) is 13.0. The molecule has 0 spiro atoms. The highest BCUT2D eigenvalue weighted by atomic mass is 32.2. The molecular formula is C11H18N2O2S2. The van der Waals surface area contributed by atoms with Gasteiger partial charge >= 0.3 is 0 Å². The second kappa shape index (κ2) is 6.28. The summed E-state index contributed by atoms with van der Waals surface area (Å²) in [6.07, 6.45) is 1.95. The van der Waals surface area contributed by atoms with Crippen LogP contribution in [0.1, 0.15) is 23.5 Å². The quantitative estimate of drug-likeness (QED) is 0.617. The smallest absolute Gasteiger partial charge is 0.171 e. The summed E-state index contributed by atoms with van der Waals surface area (Å²) in [6, 6.07) is 0.184. The van der Waals surface area contributed by atoms with Gasteiger partial charge in [-0.1, -0.05) is 0 Å². The van der Waals surface area contributed by atoms with Crippen LogP contribution >= 0.6 is 23.1 Å². The average molecular weight is 274 g/mol. The molecular weight excluding hydrogens is 256 g/mol. The number of nitrogen functional groups attached to an aromatic ring is 1. The number of methoxy groups -OCH3 is 1. The van der Waals surface area contributed by atoms with Crippen molar-refractivity contribution in [1.82, 2.24) is 0 Å². The van der Waals surface area contributed by atoms with Gasteiger partial charge in [-0.05, 0) is 13.2 Å². The van der Waals surface area contributed by atoms with E-state index >= 15 is 0 Å². The number of Topliss-reactive ketones (excluding diaryl/α,β-unsaturated/α-hetero) is 1. The summed E-state index contributed by atoms with van der Waals surface area (Å²) in [5.41, 5.74) is 6.55. The Kier molecular flexibility index (Phi) is 5.30. The number of thioether (sulfide) groups is 1. The number of hydrogen-bond acceptors (Lipinski definition) is 6. The van der Waals surface area contributed by atoms with E-state index < -0.39 is 0 Å². The molecule has 17 heavy (non-hydrogen) atoms. The Bertz CT molecular complexity index is 404. The van der Waals surface area contributed by atoms with Gasteiger partial charge in [-0.25, -0.2) is 0 Å². The van der Waals surface area contributed by atoms with Crippen LogP contribution in [0.2, 0.25) is 0 Å². The third kappa shape index (κ3) is 3.37. The molecule has 1 aromatic heterocycles. The molecule has 4 nitrogen and oxygen atoms in total. The zero-order valence-corrected chi connectivity index (χ0v) is 12.1. The summed E-state index contributed by atoms with van der Waals surface area (Å²) < 4.78 is 5.07. The highest BCUT2D eigenvalue weighted by Crippen LogP contribution is 2.42. The van der Waals surface area contributed by atoms with Crippen LogP contribution in [0.4, 0.5) is 10.7 Å². The Labute approximate surface area is 110 Å². The van der Waals surface area contributed by atoms with Gasteiger partial charge in [0.15, 0.2) is 5.78 Å². The second-order valence-corrected chi connectivity index (χ2v) is 5.60. The third-order valence-corrected chi connectivity index (χ3v) is 4.42. The maximum absolute atomic E-state index is 11.4. The molecule has 1 unspecified atom stereocenters. The number of thiophene rings is 1. The van der Waals surface area contributed by atoms with E-state index in [2.05, 4.69) is 5.32 Å². The molecule has 0 aliphatic rings. The first-order valence-electron chi connectivity index (χ1n) is 5.23. The van der Waals surface area contributed by atoms with Crippen molar-refractivity contribution in [2.24, 2.45) is 0 Å². The lowest BCUT2D eigenvalue weighted by Gasteiger charge is -2.13. The van der Waals surface area contributed by atoms with Gasteiger partial charge in [-0.15, -0.1) is 23.1 Å². The average Bonchev–Trinajstić information content (AvgIpc) is 2.55. The summed E-state index contributed by atoms with van der Waals surface area (Å²) in [6.45, 7) is 4.17. The van der Waals surface area contributed by atoms with Crippen LogP contribution < -0.4 is 11.1 Å². The van der Waals surface area contributed by atoms with Crippen LogP contribution in [0.3, 0.4) is 0 Å². The molecule has 0 saturated heterocycles. The van der Waals surface area contributed by atoms with Crippen molar-refractivity contribution < 1.29 is 9.53 Å². The lowest BCUT2D eigenvalue weighted by atomic mass is 10.3. The predicted octanol–water partition coefficient (Wildman–Crippen LogP) is 2.70. The minimum absolute atomic E-state index is 0.00949. The molecule has 0 fully saturated rings. The van der Waals surface area contributed by atoms with Crippen LogP contribution in [-0.2, 0) is 4.74 Å². The van der Waals surface area contributed by atoms with Crippen molar-refractivity contribution in [1.29, 1.82) is 0 Å². The van der Waals surface area contributed by atoms with Crippen LogP contribution in [0.25, 0.3) is 0 Å². The number of carbonyl (C=O) groups is 1. The lowest BCUT2D eigenvalue weighted by Crippen LogP contribution is -2.20. The zero-order chi connectivity index (χ0) is 13.0. The molecule has 0 aromatic carbocycles. The van der Waals surface area contributed by atoms with Crippen LogP contribution in [0.5, 0.6) is 0 Å². The fraction of sp³-hybridized carbons (Fsp3) is 0.545. The lowest BCUT2D eigenvalue weighted by molar-refractivity contribution is 0.102. The highest BCUT2D eigenvalue weighted by molar-refractivity contribution is 7.99. The number of hydrogen-bond donors (Lipinski definition) is 2. The number of nitrogens with two attached hydrogens (primary N) is 1. The van der Waals surface area contributed by atoms with E-state index in [1.54, 1.807) is 18.9 Å². The Morgan fingerprint density at radius 3 is 2.76 bits per heavy atom. The summed E-state index contributed by atoms with van der Waals surface area (Å²) in [5, 5.41) is 4.27. The van der Waals surface area contributed by atoms with Crippen molar-refractivity contribution >= 4 is 39.6 Å². The molecule has 1 atom stereocenters. The Morgan fingerprint density at radius 1 is 1.65 bits per heavy atom. The van der Waals surface area contributed by atoms with E-state index in [-0.39, 0.29) is 11.8 Å². The minimum Gasteiger partial charge on any atom is -0.396 e. The van der Waals surface area contributed by atoms with Crippen LogP contribution in [0, 0.1) is 0 Å². The summed E-state index contributed by atoms with van der Waals surface area (Å²) in [5.74, 6) is 0.00949. The molecule has 1 heterocycles. The van der Waals surface area contributed by atoms with E-state index in [0.717, 1.165) is 9.90 Å². The van der Waals surface area contributed by atoms with E-state index in [0.29, 0.717) is 17.2 Å². The van der Waals surface area contributed by atoms with Crippen molar-refractivity contribution in [3.05, 3.63) is 4.88 Å². The van der Waals surface area contributed by atoms with Gasteiger partial charge in [0.25, 0.3) is 0 Å². The van der Waals surface area contributed by atoms with E-state index in [4.69, 9.17) is 10.5 Å². The molecule has 0 amide bonds. The van der Waals surface area contributed by atoms with Crippen molar-refractivity contribution in [3.8, 4) is 0 Å². The Balaban J connectivity index is 2.98. The SMILES string of the molecule is COCC(C)Nc1sc(C(C)=O)c(N)c1SC. The van der Waals surface area contributed by atoms with Crippen LogP contribution in [0.15, 0.2) is 4.90 Å². The maximum atomic E-state index is 11.4.